The number of hydrogen-bond acceptors (Lipinski definition) is 3. The Labute approximate surface area is 141 Å². The molecule has 2 aromatic rings. The molecule has 0 bridgehead atoms. The van der Waals surface area contributed by atoms with Crippen molar-refractivity contribution in [3.05, 3.63) is 65.7 Å². The van der Waals surface area contributed by atoms with E-state index in [1.165, 1.54) is 6.92 Å². The Morgan fingerprint density at radius 3 is 2.17 bits per heavy atom. The molecule has 0 aromatic heterocycles. The smallest absolute Gasteiger partial charge is 0.233 e. The second kappa shape index (κ2) is 8.62. The molecule has 124 valence electrons. The molecule has 0 aliphatic carbocycles. The number of anilines is 1. The average molecular weight is 324 g/mol. The van der Waals surface area contributed by atoms with E-state index in [0.717, 1.165) is 12.0 Å². The molecule has 0 aliphatic heterocycles. The molecule has 2 rings (SSSR count). The molecule has 0 saturated carbocycles. The van der Waals surface area contributed by atoms with Gasteiger partial charge in [-0.1, -0.05) is 30.3 Å². The van der Waals surface area contributed by atoms with E-state index in [-0.39, 0.29) is 24.0 Å². The standard InChI is InChI=1S/C19H20N2O3/c1-14(22)16-7-9-17(10-8-16)21-19(24)13-18(23)20-12-11-15-5-3-2-4-6-15/h2-10H,11-13H2,1H3,(H,20,23)(H,21,24). The lowest BCUT2D eigenvalue weighted by atomic mass is 10.1. The molecule has 0 saturated heterocycles. The topological polar surface area (TPSA) is 75.3 Å². The van der Waals surface area contributed by atoms with Crippen LogP contribution in [0.15, 0.2) is 54.6 Å². The van der Waals surface area contributed by atoms with Gasteiger partial charge in [0, 0.05) is 17.8 Å². The first-order valence-corrected chi connectivity index (χ1v) is 7.76. The zero-order chi connectivity index (χ0) is 17.4. The van der Waals surface area contributed by atoms with Crippen LogP contribution in [0.1, 0.15) is 29.3 Å². The van der Waals surface area contributed by atoms with Gasteiger partial charge in [-0.25, -0.2) is 0 Å². The van der Waals surface area contributed by atoms with Crippen molar-refractivity contribution in [3.63, 3.8) is 0 Å². The number of hydrogen-bond donors (Lipinski definition) is 2. The molecule has 2 N–H and O–H groups in total. The van der Waals surface area contributed by atoms with E-state index < -0.39 is 0 Å². The molecular weight excluding hydrogens is 304 g/mol. The lowest BCUT2D eigenvalue weighted by molar-refractivity contribution is -0.126. The van der Waals surface area contributed by atoms with E-state index in [1.807, 2.05) is 30.3 Å². The van der Waals surface area contributed by atoms with Crippen molar-refractivity contribution in [2.45, 2.75) is 19.8 Å². The van der Waals surface area contributed by atoms with Crippen molar-refractivity contribution in [1.82, 2.24) is 5.32 Å². The summed E-state index contributed by atoms with van der Waals surface area (Å²) < 4.78 is 0. The number of benzene rings is 2. The highest BCUT2D eigenvalue weighted by molar-refractivity contribution is 6.03. The van der Waals surface area contributed by atoms with Crippen LogP contribution in [-0.2, 0) is 16.0 Å². The van der Waals surface area contributed by atoms with E-state index in [4.69, 9.17) is 0 Å². The molecule has 2 aromatic carbocycles. The Morgan fingerprint density at radius 2 is 1.54 bits per heavy atom. The van der Waals surface area contributed by atoms with Gasteiger partial charge < -0.3 is 10.6 Å². The largest absolute Gasteiger partial charge is 0.355 e. The quantitative estimate of drug-likeness (QED) is 0.607. The van der Waals surface area contributed by atoms with E-state index in [9.17, 15) is 14.4 Å². The summed E-state index contributed by atoms with van der Waals surface area (Å²) >= 11 is 0. The van der Waals surface area contributed by atoms with Gasteiger partial charge in [-0.2, -0.15) is 0 Å². The molecule has 0 spiro atoms. The van der Waals surface area contributed by atoms with Gasteiger partial charge in [-0.3, -0.25) is 14.4 Å². The van der Waals surface area contributed by atoms with Crippen LogP contribution in [-0.4, -0.2) is 24.1 Å². The zero-order valence-electron chi connectivity index (χ0n) is 13.5. The monoisotopic (exact) mass is 324 g/mol. The first kappa shape index (κ1) is 17.4. The number of amides is 2. The molecule has 0 aliphatic rings. The highest BCUT2D eigenvalue weighted by Crippen LogP contribution is 2.10. The average Bonchev–Trinajstić information content (AvgIpc) is 2.56. The summed E-state index contributed by atoms with van der Waals surface area (Å²) in [7, 11) is 0. The van der Waals surface area contributed by atoms with Crippen LogP contribution in [0.2, 0.25) is 0 Å². The van der Waals surface area contributed by atoms with Gasteiger partial charge in [0.25, 0.3) is 0 Å². The summed E-state index contributed by atoms with van der Waals surface area (Å²) in [5.41, 5.74) is 2.27. The summed E-state index contributed by atoms with van der Waals surface area (Å²) in [6.45, 7) is 1.97. The van der Waals surface area contributed by atoms with Crippen LogP contribution in [0, 0.1) is 0 Å². The van der Waals surface area contributed by atoms with Crippen molar-refractivity contribution in [2.75, 3.05) is 11.9 Å². The lowest BCUT2D eigenvalue weighted by Gasteiger charge is -2.07. The van der Waals surface area contributed by atoms with E-state index >= 15 is 0 Å². The minimum atomic E-state index is -0.386. The number of Topliss-reactive ketones (excluding diaryl/α,β-unsaturated/α-hetero) is 1. The fourth-order valence-electron chi connectivity index (χ4n) is 2.19. The number of rotatable bonds is 7. The molecule has 0 heterocycles. The molecule has 0 fully saturated rings. The van der Waals surface area contributed by atoms with E-state index in [0.29, 0.717) is 17.8 Å². The van der Waals surface area contributed by atoms with Gasteiger partial charge in [-0.15, -0.1) is 0 Å². The van der Waals surface area contributed by atoms with Gasteiger partial charge in [0.1, 0.15) is 6.42 Å². The van der Waals surface area contributed by atoms with Gasteiger partial charge in [-0.05, 0) is 43.2 Å². The second-order valence-electron chi connectivity index (χ2n) is 5.44. The Morgan fingerprint density at radius 1 is 0.875 bits per heavy atom. The summed E-state index contributed by atoms with van der Waals surface area (Å²) in [6.07, 6.45) is 0.490. The molecule has 5 heteroatoms. The van der Waals surface area contributed by atoms with Crippen LogP contribution in [0.4, 0.5) is 5.69 Å². The van der Waals surface area contributed by atoms with Gasteiger partial charge in [0.05, 0.1) is 0 Å². The Hall–Kier alpha value is -2.95. The van der Waals surface area contributed by atoms with Crippen LogP contribution < -0.4 is 10.6 Å². The van der Waals surface area contributed by atoms with Crippen LogP contribution >= 0.6 is 0 Å². The highest BCUT2D eigenvalue weighted by atomic mass is 16.2. The van der Waals surface area contributed by atoms with Crippen molar-refractivity contribution in [3.8, 4) is 0 Å². The third-order valence-corrected chi connectivity index (χ3v) is 3.47. The lowest BCUT2D eigenvalue weighted by Crippen LogP contribution is -2.29. The number of carbonyl (C=O) groups is 3. The van der Waals surface area contributed by atoms with Crippen LogP contribution in [0.25, 0.3) is 0 Å². The first-order valence-electron chi connectivity index (χ1n) is 7.76. The minimum absolute atomic E-state index is 0.0364. The molecule has 0 atom stereocenters. The molecule has 2 amide bonds. The summed E-state index contributed by atoms with van der Waals surface area (Å²) in [5, 5.41) is 5.36. The third kappa shape index (κ3) is 5.68. The molecule has 0 unspecified atom stereocenters. The normalized spacial score (nSPS) is 10.0. The molecule has 24 heavy (non-hydrogen) atoms. The summed E-state index contributed by atoms with van der Waals surface area (Å²) in [6, 6.07) is 16.4. The maximum Gasteiger partial charge on any atom is 0.233 e. The maximum atomic E-state index is 11.8. The highest BCUT2D eigenvalue weighted by Gasteiger charge is 2.09. The first-order chi connectivity index (χ1) is 11.5. The van der Waals surface area contributed by atoms with E-state index in [2.05, 4.69) is 10.6 Å². The zero-order valence-corrected chi connectivity index (χ0v) is 13.5. The van der Waals surface area contributed by atoms with Crippen molar-refractivity contribution in [2.24, 2.45) is 0 Å². The predicted octanol–water partition coefficient (Wildman–Crippen LogP) is 2.58. The van der Waals surface area contributed by atoms with E-state index in [1.54, 1.807) is 24.3 Å². The van der Waals surface area contributed by atoms with Crippen molar-refractivity contribution in [1.29, 1.82) is 0 Å². The van der Waals surface area contributed by atoms with Gasteiger partial charge in [0.2, 0.25) is 11.8 Å². The fraction of sp³-hybridized carbons (Fsp3) is 0.211. The summed E-state index contributed by atoms with van der Waals surface area (Å²) in [5.74, 6) is -0.739. The van der Waals surface area contributed by atoms with Crippen LogP contribution in [0.3, 0.4) is 0 Å². The third-order valence-electron chi connectivity index (χ3n) is 3.47. The Balaban J connectivity index is 1.73. The Kier molecular flexibility index (Phi) is 6.25. The van der Waals surface area contributed by atoms with Gasteiger partial charge in [0.15, 0.2) is 5.78 Å². The SMILES string of the molecule is CC(=O)c1ccc(NC(=O)CC(=O)NCCc2ccccc2)cc1. The van der Waals surface area contributed by atoms with Crippen molar-refractivity contribution < 1.29 is 14.4 Å². The number of nitrogens with one attached hydrogen (secondary N) is 2. The second-order valence-corrected chi connectivity index (χ2v) is 5.44. The molecule has 5 nitrogen and oxygen atoms in total. The molecular formula is C19H20N2O3. The predicted molar refractivity (Wildman–Crippen MR) is 92.8 cm³/mol. The Bertz CT molecular complexity index is 709. The fourth-order valence-corrected chi connectivity index (χ4v) is 2.19. The maximum absolute atomic E-state index is 11.8. The number of carbonyl (C=O) groups excluding carboxylic acids is 3. The van der Waals surface area contributed by atoms with Crippen molar-refractivity contribution >= 4 is 23.3 Å². The minimum Gasteiger partial charge on any atom is -0.355 e. The number of ketones is 1. The van der Waals surface area contributed by atoms with Crippen LogP contribution in [0.5, 0.6) is 0 Å². The van der Waals surface area contributed by atoms with Gasteiger partial charge >= 0.3 is 0 Å². The summed E-state index contributed by atoms with van der Waals surface area (Å²) in [4.78, 5) is 34.8. The molecule has 0 radical (unpaired) electrons.